The summed E-state index contributed by atoms with van der Waals surface area (Å²) in [5.41, 5.74) is 0. The lowest BCUT2D eigenvalue weighted by molar-refractivity contribution is 0.0821. The highest BCUT2D eigenvalue weighted by molar-refractivity contribution is 7.17. The predicted octanol–water partition coefficient (Wildman–Crippen LogP) is 8.39. The van der Waals surface area contributed by atoms with E-state index in [0.29, 0.717) is 21.6 Å². The van der Waals surface area contributed by atoms with Crippen molar-refractivity contribution in [3.63, 3.8) is 0 Å². The first-order valence-electron chi connectivity index (χ1n) is 11.8. The van der Waals surface area contributed by atoms with E-state index in [1.54, 1.807) is 0 Å². The van der Waals surface area contributed by atoms with Gasteiger partial charge in [0.25, 0.3) is 0 Å². The predicted molar refractivity (Wildman–Crippen MR) is 131 cm³/mol. The van der Waals surface area contributed by atoms with E-state index in [-0.39, 0.29) is 11.6 Å². The molecular formula is C26H38O2S2. The summed E-state index contributed by atoms with van der Waals surface area (Å²) in [5.74, 6) is 0.640. The maximum Gasteiger partial charge on any atom is 0.244 e. The lowest BCUT2D eigenvalue weighted by Gasteiger charge is -2.12. The molecule has 0 bridgehead atoms. The van der Waals surface area contributed by atoms with Gasteiger partial charge >= 0.3 is 0 Å². The molecule has 0 aliphatic heterocycles. The third-order valence-corrected chi connectivity index (χ3v) is 8.26. The molecule has 2 rings (SSSR count). The van der Waals surface area contributed by atoms with Crippen molar-refractivity contribution in [1.29, 1.82) is 0 Å². The Bertz CT molecular complexity index is 720. The van der Waals surface area contributed by atoms with Crippen LogP contribution in [-0.2, 0) is 12.8 Å². The third kappa shape index (κ3) is 7.46. The fourth-order valence-electron chi connectivity index (χ4n) is 3.90. The highest BCUT2D eigenvalue weighted by atomic mass is 32.1. The average Bonchev–Trinajstić information content (AvgIpc) is 3.42. The second kappa shape index (κ2) is 13.2. The van der Waals surface area contributed by atoms with Gasteiger partial charge in [-0.3, -0.25) is 9.59 Å². The molecule has 0 aliphatic rings. The number of carbonyl (C=O) groups excluding carboxylic acids is 2. The number of hydrogen-bond acceptors (Lipinski definition) is 4. The molecule has 2 unspecified atom stereocenters. The van der Waals surface area contributed by atoms with Crippen molar-refractivity contribution in [2.75, 3.05) is 0 Å². The first kappa shape index (κ1) is 25.0. The van der Waals surface area contributed by atoms with Gasteiger partial charge in [-0.15, -0.1) is 22.7 Å². The van der Waals surface area contributed by atoms with Crippen molar-refractivity contribution in [1.82, 2.24) is 0 Å². The maximum absolute atomic E-state index is 12.8. The van der Waals surface area contributed by atoms with E-state index in [4.69, 9.17) is 0 Å². The van der Waals surface area contributed by atoms with Crippen LogP contribution in [-0.4, -0.2) is 11.6 Å². The minimum atomic E-state index is -0.348. The molecule has 2 aromatic rings. The number of hydrogen-bond donors (Lipinski definition) is 0. The second-order valence-electron chi connectivity index (χ2n) is 8.43. The van der Waals surface area contributed by atoms with Crippen LogP contribution in [0.5, 0.6) is 0 Å². The highest BCUT2D eigenvalue weighted by Gasteiger charge is 2.23. The molecule has 0 aromatic carbocycles. The van der Waals surface area contributed by atoms with E-state index in [2.05, 4.69) is 27.7 Å². The van der Waals surface area contributed by atoms with Crippen molar-refractivity contribution in [2.24, 2.45) is 11.8 Å². The molecule has 30 heavy (non-hydrogen) atoms. The van der Waals surface area contributed by atoms with Crippen molar-refractivity contribution >= 4 is 34.2 Å². The zero-order chi connectivity index (χ0) is 21.9. The minimum Gasteiger partial charge on any atom is -0.284 e. The summed E-state index contributed by atoms with van der Waals surface area (Å²) in [6, 6.07) is 7.77. The molecule has 2 nitrogen and oxygen atoms in total. The summed E-state index contributed by atoms with van der Waals surface area (Å²) in [7, 11) is 0. The first-order chi connectivity index (χ1) is 14.5. The Morgan fingerprint density at radius 2 is 1.10 bits per heavy atom. The van der Waals surface area contributed by atoms with Gasteiger partial charge in [-0.05, 0) is 48.9 Å². The molecule has 0 saturated carbocycles. The number of rotatable bonds is 15. The van der Waals surface area contributed by atoms with E-state index >= 15 is 0 Å². The van der Waals surface area contributed by atoms with E-state index in [9.17, 15) is 9.59 Å². The molecule has 0 saturated heterocycles. The third-order valence-electron chi connectivity index (χ3n) is 6.04. The normalized spacial score (nSPS) is 13.3. The molecule has 0 radical (unpaired) electrons. The van der Waals surface area contributed by atoms with Crippen LogP contribution in [0.2, 0.25) is 0 Å². The van der Waals surface area contributed by atoms with Crippen molar-refractivity contribution in [2.45, 2.75) is 91.9 Å². The largest absolute Gasteiger partial charge is 0.284 e. The van der Waals surface area contributed by atoms with Gasteiger partial charge in [-0.2, -0.15) is 0 Å². The first-order valence-corrected chi connectivity index (χ1v) is 13.4. The fourth-order valence-corrected chi connectivity index (χ4v) is 6.02. The van der Waals surface area contributed by atoms with Crippen LogP contribution < -0.4 is 0 Å². The molecule has 0 spiro atoms. The van der Waals surface area contributed by atoms with Crippen LogP contribution in [0.15, 0.2) is 24.3 Å². The summed E-state index contributed by atoms with van der Waals surface area (Å²) >= 11 is 3.01. The molecule has 2 heterocycles. The second-order valence-corrected chi connectivity index (χ2v) is 10.8. The van der Waals surface area contributed by atoms with Crippen LogP contribution in [0.3, 0.4) is 0 Å². The van der Waals surface area contributed by atoms with Gasteiger partial charge in [-0.1, -0.05) is 79.1 Å². The number of ketones is 2. The molecule has 4 heteroatoms. The van der Waals surface area contributed by atoms with E-state index in [1.165, 1.54) is 71.0 Å². The molecule has 2 aromatic heterocycles. The number of Topliss-reactive ketones (excluding diaryl/α,β-unsaturated/α-hetero) is 2. The number of unbranched alkanes of at least 4 members (excludes halogenated alkanes) is 2. The van der Waals surface area contributed by atoms with E-state index in [1.807, 2.05) is 24.3 Å². The Morgan fingerprint density at radius 3 is 1.43 bits per heavy atom. The zero-order valence-electron chi connectivity index (χ0n) is 19.2. The molecule has 0 aliphatic carbocycles. The molecule has 166 valence electrons. The molecular weight excluding hydrogens is 408 g/mol. The Labute approximate surface area is 191 Å². The average molecular weight is 447 g/mol. The lowest BCUT2D eigenvalue weighted by Crippen LogP contribution is -2.11. The van der Waals surface area contributed by atoms with Crippen LogP contribution in [0.1, 0.15) is 108 Å². The lowest BCUT2D eigenvalue weighted by atomic mass is 9.95. The zero-order valence-corrected chi connectivity index (χ0v) is 20.8. The standard InChI is InChI=1S/C26H38O2S2/c1-5-9-11-19(7-3)17-21-13-15-23(29-21)25(27)26(28)24-16-14-22(30-24)18-20(8-4)12-10-6-2/h13-16,19-20H,5-12,17-18H2,1-4H3. The Morgan fingerprint density at radius 1 is 0.700 bits per heavy atom. The van der Waals surface area contributed by atoms with E-state index < -0.39 is 0 Å². The Kier molecular flexibility index (Phi) is 11.0. The van der Waals surface area contributed by atoms with Gasteiger partial charge in [0.15, 0.2) is 0 Å². The van der Waals surface area contributed by atoms with Crippen molar-refractivity contribution in [3.8, 4) is 0 Å². The summed E-state index contributed by atoms with van der Waals surface area (Å²) in [6.45, 7) is 8.93. The number of thiophene rings is 2. The smallest absolute Gasteiger partial charge is 0.244 e. The molecule has 0 amide bonds. The van der Waals surface area contributed by atoms with Crippen molar-refractivity contribution in [3.05, 3.63) is 43.8 Å². The van der Waals surface area contributed by atoms with Crippen LogP contribution in [0.4, 0.5) is 0 Å². The fraction of sp³-hybridized carbons (Fsp3) is 0.615. The van der Waals surface area contributed by atoms with Gasteiger partial charge in [0, 0.05) is 9.75 Å². The van der Waals surface area contributed by atoms with Gasteiger partial charge in [-0.25, -0.2) is 0 Å². The maximum atomic E-state index is 12.8. The van der Waals surface area contributed by atoms with E-state index in [0.717, 1.165) is 25.7 Å². The van der Waals surface area contributed by atoms with Crippen molar-refractivity contribution < 1.29 is 9.59 Å². The van der Waals surface area contributed by atoms with Gasteiger partial charge in [0.1, 0.15) is 0 Å². The van der Waals surface area contributed by atoms with Crippen LogP contribution in [0.25, 0.3) is 0 Å². The topological polar surface area (TPSA) is 34.1 Å². The van der Waals surface area contributed by atoms with Crippen LogP contribution in [0, 0.1) is 11.8 Å². The minimum absolute atomic E-state index is 0.348. The quantitative estimate of drug-likeness (QED) is 0.203. The van der Waals surface area contributed by atoms with Gasteiger partial charge in [0.2, 0.25) is 11.6 Å². The summed E-state index contributed by atoms with van der Waals surface area (Å²) in [5, 5.41) is 0. The van der Waals surface area contributed by atoms with Crippen LogP contribution >= 0.6 is 22.7 Å². The SMILES string of the molecule is CCCCC(CC)Cc1ccc(C(=O)C(=O)c2ccc(CC(CC)CCCC)s2)s1. The monoisotopic (exact) mass is 446 g/mol. The molecule has 0 N–H and O–H groups in total. The molecule has 2 atom stereocenters. The summed E-state index contributed by atoms with van der Waals surface area (Å²) < 4.78 is 0. The number of carbonyl (C=O) groups is 2. The summed E-state index contributed by atoms with van der Waals surface area (Å²) in [4.78, 5) is 29.2. The summed E-state index contributed by atoms with van der Waals surface area (Å²) in [6.07, 6.45) is 11.8. The van der Waals surface area contributed by atoms with Gasteiger partial charge < -0.3 is 0 Å². The molecule has 0 fully saturated rings. The Balaban J connectivity index is 1.98. The Hall–Kier alpha value is -1.26. The van der Waals surface area contributed by atoms with Gasteiger partial charge in [0.05, 0.1) is 9.75 Å². The highest BCUT2D eigenvalue weighted by Crippen LogP contribution is 2.28.